The summed E-state index contributed by atoms with van der Waals surface area (Å²) in [5.74, 6) is 0.422. The highest BCUT2D eigenvalue weighted by Gasteiger charge is 2.42. The summed E-state index contributed by atoms with van der Waals surface area (Å²) in [6, 6.07) is 23.7. The third-order valence-corrected chi connectivity index (χ3v) is 5.75. The molecule has 1 aliphatic rings. The van der Waals surface area contributed by atoms with Crippen molar-refractivity contribution in [1.82, 2.24) is 14.9 Å². The van der Waals surface area contributed by atoms with Gasteiger partial charge in [0.25, 0.3) is 0 Å². The van der Waals surface area contributed by atoms with Crippen LogP contribution >= 0.6 is 12.2 Å². The molecule has 2 aromatic carbocycles. The molecule has 0 spiro atoms. The first kappa shape index (κ1) is 19.1. The fourth-order valence-electron chi connectivity index (χ4n) is 4.03. The minimum atomic E-state index is -0.184. The number of pyridine rings is 1. The molecule has 1 fully saturated rings. The Kier molecular flexibility index (Phi) is 4.80. The van der Waals surface area contributed by atoms with Crippen LogP contribution in [0.5, 0.6) is 11.5 Å². The molecule has 0 amide bonds. The average Bonchev–Trinajstić information content (AvgIpc) is 3.40. The molecule has 0 bridgehead atoms. The molecule has 0 radical (unpaired) electrons. The molecule has 1 saturated heterocycles. The van der Waals surface area contributed by atoms with Crippen LogP contribution in [0.1, 0.15) is 23.5 Å². The van der Waals surface area contributed by atoms with Crippen molar-refractivity contribution in [2.45, 2.75) is 12.1 Å². The lowest BCUT2D eigenvalue weighted by atomic mass is 10.0. The number of anilines is 1. The third-order valence-electron chi connectivity index (χ3n) is 5.44. The Labute approximate surface area is 185 Å². The number of hydrogen-bond donors (Lipinski definition) is 3. The normalized spacial score (nSPS) is 18.2. The van der Waals surface area contributed by atoms with Crippen molar-refractivity contribution in [3.05, 3.63) is 103 Å². The molecular formula is C24H20N4O2S. The first-order valence-electron chi connectivity index (χ1n) is 9.88. The van der Waals surface area contributed by atoms with E-state index >= 15 is 0 Å². The highest BCUT2D eigenvalue weighted by atomic mass is 32.1. The first-order chi connectivity index (χ1) is 15.1. The molecule has 4 aromatic rings. The number of thiocarbonyl (C=S) groups is 1. The largest absolute Gasteiger partial charge is 0.508 e. The van der Waals surface area contributed by atoms with Crippen LogP contribution in [0.15, 0.2) is 91.3 Å². The molecular weight excluding hydrogens is 408 g/mol. The number of rotatable bonds is 4. The number of hydrogen-bond acceptors (Lipinski definition) is 4. The van der Waals surface area contributed by atoms with Crippen molar-refractivity contribution in [2.75, 3.05) is 4.90 Å². The van der Waals surface area contributed by atoms with E-state index in [-0.39, 0.29) is 23.6 Å². The Hall–Kier alpha value is -3.84. The predicted octanol–water partition coefficient (Wildman–Crippen LogP) is 4.46. The summed E-state index contributed by atoms with van der Waals surface area (Å²) in [5.41, 5.74) is 3.70. The zero-order valence-electron chi connectivity index (χ0n) is 16.5. The van der Waals surface area contributed by atoms with Gasteiger partial charge in [-0.15, -0.1) is 0 Å². The molecule has 31 heavy (non-hydrogen) atoms. The Balaban J connectivity index is 1.66. The Bertz CT molecular complexity index is 1210. The molecule has 0 aliphatic carbocycles. The second-order valence-corrected chi connectivity index (χ2v) is 7.72. The van der Waals surface area contributed by atoms with Crippen molar-refractivity contribution in [3.8, 4) is 17.2 Å². The summed E-state index contributed by atoms with van der Waals surface area (Å²) in [7, 11) is 0. The van der Waals surface area contributed by atoms with Crippen LogP contribution < -0.4 is 10.2 Å². The molecule has 1 aliphatic heterocycles. The van der Waals surface area contributed by atoms with Gasteiger partial charge in [0.2, 0.25) is 0 Å². The smallest absolute Gasteiger partial charge is 0.174 e. The monoisotopic (exact) mass is 428 g/mol. The van der Waals surface area contributed by atoms with Gasteiger partial charge in [0.15, 0.2) is 5.11 Å². The number of nitrogens with one attached hydrogen (secondary N) is 1. The van der Waals surface area contributed by atoms with Gasteiger partial charge in [-0.25, -0.2) is 0 Å². The van der Waals surface area contributed by atoms with Crippen LogP contribution in [0.4, 0.5) is 5.69 Å². The van der Waals surface area contributed by atoms with Gasteiger partial charge in [-0.2, -0.15) is 0 Å². The van der Waals surface area contributed by atoms with Crippen LogP contribution in [-0.2, 0) is 0 Å². The molecule has 2 atom stereocenters. The number of benzene rings is 2. The molecule has 0 saturated carbocycles. The summed E-state index contributed by atoms with van der Waals surface area (Å²) in [4.78, 5) is 6.64. The molecule has 3 heterocycles. The molecule has 0 unspecified atom stereocenters. The summed E-state index contributed by atoms with van der Waals surface area (Å²) >= 11 is 5.74. The molecule has 2 aromatic heterocycles. The van der Waals surface area contributed by atoms with Gasteiger partial charge in [-0.3, -0.25) is 4.98 Å². The summed E-state index contributed by atoms with van der Waals surface area (Å²) in [5, 5.41) is 23.5. The lowest BCUT2D eigenvalue weighted by Gasteiger charge is -2.29. The summed E-state index contributed by atoms with van der Waals surface area (Å²) in [6.45, 7) is 0. The maximum absolute atomic E-state index is 9.76. The molecule has 6 nitrogen and oxygen atoms in total. The fourth-order valence-corrected chi connectivity index (χ4v) is 4.38. The van der Waals surface area contributed by atoms with Crippen LogP contribution in [0.3, 0.4) is 0 Å². The van der Waals surface area contributed by atoms with Gasteiger partial charge in [0.05, 0.1) is 11.7 Å². The number of phenols is 2. The fraction of sp³-hybridized carbons (Fsp3) is 0.0833. The van der Waals surface area contributed by atoms with Gasteiger partial charge in [0.1, 0.15) is 17.5 Å². The van der Waals surface area contributed by atoms with Crippen molar-refractivity contribution in [1.29, 1.82) is 0 Å². The van der Waals surface area contributed by atoms with Crippen molar-refractivity contribution in [2.24, 2.45) is 0 Å². The quantitative estimate of drug-likeness (QED) is 0.417. The average molecular weight is 429 g/mol. The third kappa shape index (κ3) is 3.49. The standard InChI is InChI=1S/C24H20N4O2S/c29-18-10-6-16(7-11-18)27-15-3-5-21(27)23-22(20-4-1-2-14-25-20)26-24(31)28(23)17-8-12-19(30)13-9-17/h1-15,22-23,29-30H,(H,26,31)/t22-,23+/m1/s1. The number of phenolic OH excluding ortho intramolecular Hbond substituents is 2. The van der Waals surface area contributed by atoms with Crippen LogP contribution in [0.2, 0.25) is 0 Å². The Morgan fingerprint density at radius 2 is 1.48 bits per heavy atom. The highest BCUT2D eigenvalue weighted by Crippen LogP contribution is 2.42. The van der Waals surface area contributed by atoms with Crippen molar-refractivity contribution < 1.29 is 10.2 Å². The molecule has 154 valence electrons. The summed E-state index contributed by atoms with van der Waals surface area (Å²) < 4.78 is 2.09. The lowest BCUT2D eigenvalue weighted by Crippen LogP contribution is -2.30. The molecule has 5 rings (SSSR count). The lowest BCUT2D eigenvalue weighted by molar-refractivity contribution is 0.474. The van der Waals surface area contributed by atoms with Crippen LogP contribution in [0, 0.1) is 0 Å². The van der Waals surface area contributed by atoms with Crippen molar-refractivity contribution >= 4 is 23.0 Å². The predicted molar refractivity (Wildman–Crippen MR) is 123 cm³/mol. The van der Waals surface area contributed by atoms with E-state index in [1.807, 2.05) is 54.7 Å². The second-order valence-electron chi connectivity index (χ2n) is 7.33. The van der Waals surface area contributed by atoms with E-state index in [4.69, 9.17) is 12.2 Å². The second kappa shape index (κ2) is 7.77. The SMILES string of the molecule is Oc1ccc(N2C(=S)N[C@H](c3ccccn3)[C@@H]2c2cccn2-c2ccc(O)cc2)cc1. The van der Waals surface area contributed by atoms with Gasteiger partial charge in [0, 0.05) is 29.5 Å². The van der Waals surface area contributed by atoms with E-state index in [0.717, 1.165) is 22.8 Å². The summed E-state index contributed by atoms with van der Waals surface area (Å²) in [6.07, 6.45) is 3.77. The highest BCUT2D eigenvalue weighted by molar-refractivity contribution is 7.80. The van der Waals surface area contributed by atoms with Gasteiger partial charge >= 0.3 is 0 Å². The zero-order valence-corrected chi connectivity index (χ0v) is 17.3. The van der Waals surface area contributed by atoms with E-state index in [1.165, 1.54) is 0 Å². The number of aromatic hydroxyl groups is 2. The van der Waals surface area contributed by atoms with E-state index in [0.29, 0.717) is 5.11 Å². The van der Waals surface area contributed by atoms with E-state index in [2.05, 4.69) is 25.8 Å². The van der Waals surface area contributed by atoms with Gasteiger partial charge in [-0.05, 0) is 85.0 Å². The van der Waals surface area contributed by atoms with E-state index in [1.54, 1.807) is 30.5 Å². The first-order valence-corrected chi connectivity index (χ1v) is 10.3. The maximum atomic E-state index is 9.76. The zero-order chi connectivity index (χ0) is 21.4. The minimum absolute atomic E-state index is 0.173. The van der Waals surface area contributed by atoms with Crippen molar-refractivity contribution in [3.63, 3.8) is 0 Å². The number of nitrogens with zero attached hydrogens (tertiary/aromatic N) is 3. The topological polar surface area (TPSA) is 73.5 Å². The molecule has 7 heteroatoms. The van der Waals surface area contributed by atoms with Gasteiger partial charge < -0.3 is 25.0 Å². The number of aromatic nitrogens is 2. The molecule has 3 N–H and O–H groups in total. The van der Waals surface area contributed by atoms with Gasteiger partial charge in [-0.1, -0.05) is 6.07 Å². The minimum Gasteiger partial charge on any atom is -0.508 e. The Morgan fingerprint density at radius 1 is 0.806 bits per heavy atom. The van der Waals surface area contributed by atoms with Crippen LogP contribution in [-0.4, -0.2) is 24.9 Å². The van der Waals surface area contributed by atoms with Crippen LogP contribution in [0.25, 0.3) is 5.69 Å². The Morgan fingerprint density at radius 3 is 2.13 bits per heavy atom. The van der Waals surface area contributed by atoms with E-state index < -0.39 is 0 Å². The van der Waals surface area contributed by atoms with E-state index in [9.17, 15) is 10.2 Å². The maximum Gasteiger partial charge on any atom is 0.174 e.